The predicted octanol–water partition coefficient (Wildman–Crippen LogP) is 3.62. The maximum Gasteiger partial charge on any atom is 0.339 e. The largest absolute Gasteiger partial charge is 0.465 e. The molecule has 1 N–H and O–H groups in total. The second-order valence-electron chi connectivity index (χ2n) is 6.75. The maximum absolute atomic E-state index is 13.3. The van der Waals surface area contributed by atoms with Crippen LogP contribution in [0, 0.1) is 6.92 Å². The standard InChI is InChI=1S/C23H22N2O5S/c1-17-12-14-19(15-13-17)31(28,29)25(18-8-4-3-5-9-18)16-22(26)24-21-11-7-6-10-20(21)23(27)30-2/h3-15H,16H2,1-2H3,(H,24,26). The third-order valence-corrected chi connectivity index (χ3v) is 6.33. The molecule has 0 saturated carbocycles. The van der Waals surface area contributed by atoms with E-state index in [1.165, 1.54) is 25.3 Å². The number of hydrogen-bond donors (Lipinski definition) is 1. The Morgan fingerprint density at radius 1 is 0.903 bits per heavy atom. The SMILES string of the molecule is COC(=O)c1ccccc1NC(=O)CN(c1ccccc1)S(=O)(=O)c1ccc(C)cc1. The first-order valence-corrected chi connectivity index (χ1v) is 10.9. The van der Waals surface area contributed by atoms with Crippen LogP contribution in [0.3, 0.4) is 0 Å². The molecule has 1 amide bonds. The molecule has 8 heteroatoms. The summed E-state index contributed by atoms with van der Waals surface area (Å²) in [7, 11) is -2.77. The number of para-hydroxylation sites is 2. The monoisotopic (exact) mass is 438 g/mol. The lowest BCUT2D eigenvalue weighted by Gasteiger charge is -2.24. The van der Waals surface area contributed by atoms with E-state index in [0.717, 1.165) is 9.87 Å². The molecule has 31 heavy (non-hydrogen) atoms. The molecule has 3 aromatic carbocycles. The van der Waals surface area contributed by atoms with Crippen molar-refractivity contribution in [2.45, 2.75) is 11.8 Å². The Kier molecular flexibility index (Phi) is 6.71. The fourth-order valence-corrected chi connectivity index (χ4v) is 4.37. The van der Waals surface area contributed by atoms with Crippen molar-refractivity contribution in [1.29, 1.82) is 0 Å². The minimum absolute atomic E-state index is 0.0738. The Hall–Kier alpha value is -3.65. The number of nitrogens with one attached hydrogen (secondary N) is 1. The van der Waals surface area contributed by atoms with E-state index in [9.17, 15) is 18.0 Å². The summed E-state index contributed by atoms with van der Waals surface area (Å²) < 4.78 is 32.4. The Labute approximate surface area is 181 Å². The number of aryl methyl sites for hydroxylation is 1. The van der Waals surface area contributed by atoms with Gasteiger partial charge < -0.3 is 10.1 Å². The van der Waals surface area contributed by atoms with Crippen LogP contribution in [0.25, 0.3) is 0 Å². The fraction of sp³-hybridized carbons (Fsp3) is 0.130. The summed E-state index contributed by atoms with van der Waals surface area (Å²) in [5, 5.41) is 2.61. The van der Waals surface area contributed by atoms with Gasteiger partial charge in [0.2, 0.25) is 5.91 Å². The molecule has 0 heterocycles. The number of hydrogen-bond acceptors (Lipinski definition) is 5. The molecule has 0 unspecified atom stereocenters. The van der Waals surface area contributed by atoms with Crippen molar-refractivity contribution in [3.63, 3.8) is 0 Å². The van der Waals surface area contributed by atoms with Crippen LogP contribution in [0.4, 0.5) is 11.4 Å². The molecule has 160 valence electrons. The molecule has 0 saturated heterocycles. The summed E-state index contributed by atoms with van der Waals surface area (Å²) in [6, 6.07) is 21.1. The highest BCUT2D eigenvalue weighted by Crippen LogP contribution is 2.24. The molecule has 0 aliphatic heterocycles. The van der Waals surface area contributed by atoms with Crippen LogP contribution >= 0.6 is 0 Å². The van der Waals surface area contributed by atoms with Crippen molar-refractivity contribution < 1.29 is 22.7 Å². The zero-order valence-corrected chi connectivity index (χ0v) is 17.9. The van der Waals surface area contributed by atoms with E-state index in [2.05, 4.69) is 5.32 Å². The number of amides is 1. The first-order chi connectivity index (χ1) is 14.8. The van der Waals surface area contributed by atoms with Gasteiger partial charge in [-0.05, 0) is 43.3 Å². The first-order valence-electron chi connectivity index (χ1n) is 9.44. The highest BCUT2D eigenvalue weighted by Gasteiger charge is 2.27. The zero-order chi connectivity index (χ0) is 22.4. The van der Waals surface area contributed by atoms with Gasteiger partial charge in [-0.15, -0.1) is 0 Å². The van der Waals surface area contributed by atoms with Gasteiger partial charge in [0.05, 0.1) is 28.9 Å². The molecule has 0 atom stereocenters. The third kappa shape index (κ3) is 5.10. The Balaban J connectivity index is 1.93. The van der Waals surface area contributed by atoms with Crippen molar-refractivity contribution in [1.82, 2.24) is 0 Å². The van der Waals surface area contributed by atoms with E-state index >= 15 is 0 Å². The molecule has 0 aliphatic rings. The van der Waals surface area contributed by atoms with Gasteiger partial charge in [-0.1, -0.05) is 48.0 Å². The second-order valence-corrected chi connectivity index (χ2v) is 8.61. The molecular weight excluding hydrogens is 416 g/mol. The van der Waals surface area contributed by atoms with Crippen molar-refractivity contribution in [2.24, 2.45) is 0 Å². The van der Waals surface area contributed by atoms with E-state index in [0.29, 0.717) is 5.69 Å². The first kappa shape index (κ1) is 22.0. The molecule has 3 aromatic rings. The van der Waals surface area contributed by atoms with Crippen LogP contribution in [0.1, 0.15) is 15.9 Å². The lowest BCUT2D eigenvalue weighted by molar-refractivity contribution is -0.114. The molecule has 0 aromatic heterocycles. The normalized spacial score (nSPS) is 10.9. The number of carbonyl (C=O) groups excluding carboxylic acids is 2. The number of carbonyl (C=O) groups is 2. The molecule has 3 rings (SSSR count). The van der Waals surface area contributed by atoms with Gasteiger partial charge in [-0.3, -0.25) is 9.10 Å². The summed E-state index contributed by atoms with van der Waals surface area (Å²) in [5.74, 6) is -1.21. The lowest BCUT2D eigenvalue weighted by Crippen LogP contribution is -2.38. The van der Waals surface area contributed by atoms with Crippen LogP contribution < -0.4 is 9.62 Å². The minimum Gasteiger partial charge on any atom is -0.465 e. The smallest absolute Gasteiger partial charge is 0.339 e. The van der Waals surface area contributed by atoms with Crippen molar-refractivity contribution >= 4 is 33.3 Å². The highest BCUT2D eigenvalue weighted by atomic mass is 32.2. The summed E-state index contributed by atoms with van der Waals surface area (Å²) >= 11 is 0. The van der Waals surface area contributed by atoms with Crippen LogP contribution in [0.5, 0.6) is 0 Å². The minimum atomic E-state index is -4.01. The number of rotatable bonds is 7. The summed E-state index contributed by atoms with van der Waals surface area (Å²) in [6.07, 6.45) is 0. The highest BCUT2D eigenvalue weighted by molar-refractivity contribution is 7.92. The van der Waals surface area contributed by atoms with Gasteiger partial charge in [0.25, 0.3) is 10.0 Å². The van der Waals surface area contributed by atoms with E-state index in [1.54, 1.807) is 60.7 Å². The number of sulfonamides is 1. The van der Waals surface area contributed by atoms with Crippen molar-refractivity contribution in [3.8, 4) is 0 Å². The van der Waals surface area contributed by atoms with Crippen LogP contribution in [-0.4, -0.2) is 33.9 Å². The molecule has 7 nitrogen and oxygen atoms in total. The van der Waals surface area contributed by atoms with Crippen LogP contribution in [0.2, 0.25) is 0 Å². The maximum atomic E-state index is 13.3. The quantitative estimate of drug-likeness (QED) is 0.569. The number of benzene rings is 3. The summed E-state index contributed by atoms with van der Waals surface area (Å²) in [5.41, 5.74) is 1.67. The summed E-state index contributed by atoms with van der Waals surface area (Å²) in [4.78, 5) is 24.8. The van der Waals surface area contributed by atoms with E-state index in [1.807, 2.05) is 6.92 Å². The Morgan fingerprint density at radius 3 is 2.16 bits per heavy atom. The molecule has 0 radical (unpaired) electrons. The lowest BCUT2D eigenvalue weighted by atomic mass is 10.2. The van der Waals surface area contributed by atoms with Gasteiger partial charge in [-0.2, -0.15) is 0 Å². The number of nitrogens with zero attached hydrogens (tertiary/aromatic N) is 1. The topological polar surface area (TPSA) is 92.8 Å². The molecule has 0 spiro atoms. The number of anilines is 2. The van der Waals surface area contributed by atoms with Gasteiger partial charge >= 0.3 is 5.97 Å². The van der Waals surface area contributed by atoms with Gasteiger partial charge in [0.15, 0.2) is 0 Å². The zero-order valence-electron chi connectivity index (χ0n) is 17.1. The van der Waals surface area contributed by atoms with E-state index in [4.69, 9.17) is 4.74 Å². The average Bonchev–Trinajstić information content (AvgIpc) is 2.78. The number of esters is 1. The molecule has 0 fully saturated rings. The molecular formula is C23H22N2O5S. The molecule has 0 bridgehead atoms. The van der Waals surface area contributed by atoms with Gasteiger partial charge in [0, 0.05) is 0 Å². The number of ether oxygens (including phenoxy) is 1. The fourth-order valence-electron chi connectivity index (χ4n) is 2.95. The van der Waals surface area contributed by atoms with Crippen molar-refractivity contribution in [2.75, 3.05) is 23.3 Å². The van der Waals surface area contributed by atoms with Crippen molar-refractivity contribution in [3.05, 3.63) is 90.0 Å². The van der Waals surface area contributed by atoms with Gasteiger partial charge in [-0.25, -0.2) is 13.2 Å². The Morgan fingerprint density at radius 2 is 1.52 bits per heavy atom. The van der Waals surface area contributed by atoms with E-state index in [-0.39, 0.29) is 16.1 Å². The molecule has 0 aliphatic carbocycles. The third-order valence-electron chi connectivity index (χ3n) is 4.55. The Bertz CT molecular complexity index is 1180. The second kappa shape index (κ2) is 9.44. The average molecular weight is 439 g/mol. The van der Waals surface area contributed by atoms with Crippen LogP contribution in [0.15, 0.2) is 83.8 Å². The summed E-state index contributed by atoms with van der Waals surface area (Å²) in [6.45, 7) is 1.38. The van der Waals surface area contributed by atoms with E-state index < -0.39 is 28.4 Å². The van der Waals surface area contributed by atoms with Gasteiger partial charge in [0.1, 0.15) is 6.54 Å². The number of methoxy groups -OCH3 is 1. The predicted molar refractivity (Wildman–Crippen MR) is 119 cm³/mol. The van der Waals surface area contributed by atoms with Crippen LogP contribution in [-0.2, 0) is 19.6 Å².